The molecule has 122 valence electrons. The molecule has 5 heteroatoms. The van der Waals surface area contributed by atoms with Gasteiger partial charge in [-0.2, -0.15) is 0 Å². The number of benzene rings is 1. The number of pyridine rings is 1. The van der Waals surface area contributed by atoms with Crippen molar-refractivity contribution in [1.82, 2.24) is 4.98 Å². The highest BCUT2D eigenvalue weighted by molar-refractivity contribution is 6.14. The maximum Gasteiger partial charge on any atom is 0.230 e. The summed E-state index contributed by atoms with van der Waals surface area (Å²) in [7, 11) is 0. The molecule has 0 atom stereocenters. The maximum atomic E-state index is 12.9. The normalized spacial score (nSPS) is 13.9. The van der Waals surface area contributed by atoms with Crippen molar-refractivity contribution in [1.29, 1.82) is 0 Å². The first-order valence-electron chi connectivity index (χ1n) is 7.95. The second kappa shape index (κ2) is 5.46. The van der Waals surface area contributed by atoms with Gasteiger partial charge in [0, 0.05) is 17.5 Å². The van der Waals surface area contributed by atoms with E-state index < -0.39 is 0 Å². The highest BCUT2D eigenvalue weighted by atomic mass is 16.5. The third kappa shape index (κ3) is 2.29. The molecule has 0 saturated carbocycles. The van der Waals surface area contributed by atoms with Crippen LogP contribution < -0.4 is 5.73 Å². The van der Waals surface area contributed by atoms with Crippen LogP contribution in [0.1, 0.15) is 38.5 Å². The molecule has 3 heterocycles. The first kappa shape index (κ1) is 14.9. The number of fused-ring (bicyclic) bond motifs is 2. The highest BCUT2D eigenvalue weighted by Crippen LogP contribution is 2.32. The Kier molecular flexibility index (Phi) is 3.39. The van der Waals surface area contributed by atoms with Crippen LogP contribution in [0.3, 0.4) is 0 Å². The molecule has 1 aliphatic heterocycles. The zero-order chi connectivity index (χ0) is 16.8. The van der Waals surface area contributed by atoms with Crippen LogP contribution in [0.25, 0.3) is 11.1 Å². The van der Waals surface area contributed by atoms with Crippen LogP contribution in [0.5, 0.6) is 0 Å². The molecule has 4 rings (SSSR count). The number of nitrogens with zero attached hydrogens (tertiary/aromatic N) is 1. The average molecular weight is 322 g/mol. The quantitative estimate of drug-likeness (QED) is 0.732. The van der Waals surface area contributed by atoms with E-state index in [9.17, 15) is 4.79 Å². The van der Waals surface area contributed by atoms with Gasteiger partial charge in [-0.05, 0) is 25.5 Å². The fourth-order valence-corrected chi connectivity index (χ4v) is 3.17. The summed E-state index contributed by atoms with van der Waals surface area (Å²) >= 11 is 0. The molecule has 0 amide bonds. The monoisotopic (exact) mass is 322 g/mol. The molecule has 0 radical (unpaired) electrons. The molecule has 0 bridgehead atoms. The van der Waals surface area contributed by atoms with E-state index in [0.717, 1.165) is 28.8 Å². The standard InChI is InChI=1S/C19H18N2O3/c1-10-3-4-13(11(2)7-10)17(22)18-16(20)14-8-12-9-23-6-5-15(12)21-19(14)24-18/h3-4,7-8H,5-6,9,20H2,1-2H3. The summed E-state index contributed by atoms with van der Waals surface area (Å²) < 4.78 is 11.2. The van der Waals surface area contributed by atoms with Gasteiger partial charge >= 0.3 is 0 Å². The lowest BCUT2D eigenvalue weighted by atomic mass is 10.00. The third-order valence-corrected chi connectivity index (χ3v) is 4.46. The fraction of sp³-hybridized carbons (Fsp3) is 0.263. The van der Waals surface area contributed by atoms with Gasteiger partial charge in [-0.15, -0.1) is 0 Å². The van der Waals surface area contributed by atoms with Gasteiger partial charge in [0.05, 0.1) is 30.0 Å². The number of ether oxygens (including phenoxy) is 1. The lowest BCUT2D eigenvalue weighted by molar-refractivity contribution is 0.101. The minimum Gasteiger partial charge on any atom is -0.432 e. The van der Waals surface area contributed by atoms with E-state index in [-0.39, 0.29) is 11.5 Å². The maximum absolute atomic E-state index is 12.9. The Morgan fingerprint density at radius 1 is 1.25 bits per heavy atom. The second-order valence-electron chi connectivity index (χ2n) is 6.24. The molecule has 24 heavy (non-hydrogen) atoms. The van der Waals surface area contributed by atoms with Crippen LogP contribution in [0, 0.1) is 13.8 Å². The number of hydrogen-bond donors (Lipinski definition) is 1. The van der Waals surface area contributed by atoms with Crippen LogP contribution in [-0.2, 0) is 17.8 Å². The largest absolute Gasteiger partial charge is 0.432 e. The molecule has 2 N–H and O–H groups in total. The molecule has 2 aromatic heterocycles. The summed E-state index contributed by atoms with van der Waals surface area (Å²) in [6.07, 6.45) is 0.742. The number of carbonyl (C=O) groups is 1. The Morgan fingerprint density at radius 2 is 2.08 bits per heavy atom. The highest BCUT2D eigenvalue weighted by Gasteiger charge is 2.24. The van der Waals surface area contributed by atoms with Crippen molar-refractivity contribution in [2.24, 2.45) is 0 Å². The Hall–Kier alpha value is -2.66. The van der Waals surface area contributed by atoms with Crippen molar-refractivity contribution in [2.45, 2.75) is 26.9 Å². The summed E-state index contributed by atoms with van der Waals surface area (Å²) in [4.78, 5) is 17.4. The molecule has 0 saturated heterocycles. The van der Waals surface area contributed by atoms with Gasteiger partial charge in [0.2, 0.25) is 17.3 Å². The van der Waals surface area contributed by atoms with E-state index in [2.05, 4.69) is 4.98 Å². The number of rotatable bonds is 2. The summed E-state index contributed by atoms with van der Waals surface area (Å²) in [6.45, 7) is 5.07. The zero-order valence-corrected chi connectivity index (χ0v) is 13.7. The molecule has 3 aromatic rings. The van der Waals surface area contributed by atoms with E-state index in [1.807, 2.05) is 38.1 Å². The lowest BCUT2D eigenvalue weighted by Crippen LogP contribution is -2.11. The molecular formula is C19H18N2O3. The van der Waals surface area contributed by atoms with Crippen LogP contribution >= 0.6 is 0 Å². The van der Waals surface area contributed by atoms with Crippen molar-refractivity contribution in [3.05, 3.63) is 58.0 Å². The van der Waals surface area contributed by atoms with E-state index in [4.69, 9.17) is 14.9 Å². The number of carbonyl (C=O) groups excluding carboxylic acids is 1. The van der Waals surface area contributed by atoms with E-state index >= 15 is 0 Å². The summed E-state index contributed by atoms with van der Waals surface area (Å²) in [5, 5.41) is 0.673. The van der Waals surface area contributed by atoms with Gasteiger partial charge in [-0.1, -0.05) is 23.8 Å². The summed E-state index contributed by atoms with van der Waals surface area (Å²) in [5.41, 5.74) is 11.5. The SMILES string of the molecule is Cc1ccc(C(=O)c2oc3nc4c(cc3c2N)COCC4)c(C)c1. The minimum absolute atomic E-state index is 0.160. The number of nitrogen functional groups attached to an aromatic ring is 1. The summed E-state index contributed by atoms with van der Waals surface area (Å²) in [6, 6.07) is 7.62. The van der Waals surface area contributed by atoms with Crippen molar-refractivity contribution in [3.8, 4) is 0 Å². The molecular weight excluding hydrogens is 304 g/mol. The van der Waals surface area contributed by atoms with Gasteiger partial charge in [-0.3, -0.25) is 4.79 Å². The Morgan fingerprint density at radius 3 is 2.88 bits per heavy atom. The van der Waals surface area contributed by atoms with Crippen LogP contribution in [0.4, 0.5) is 5.69 Å². The number of furan rings is 1. The van der Waals surface area contributed by atoms with Crippen LogP contribution in [-0.4, -0.2) is 17.4 Å². The van der Waals surface area contributed by atoms with Crippen molar-refractivity contribution >= 4 is 22.6 Å². The first-order valence-corrected chi connectivity index (χ1v) is 7.95. The van der Waals surface area contributed by atoms with Crippen molar-refractivity contribution < 1.29 is 13.9 Å². The van der Waals surface area contributed by atoms with Gasteiger partial charge in [0.25, 0.3) is 0 Å². The first-order chi connectivity index (χ1) is 11.5. The van der Waals surface area contributed by atoms with Gasteiger partial charge in [0.15, 0.2) is 0 Å². The number of aryl methyl sites for hydroxylation is 2. The molecule has 1 aliphatic rings. The number of hydrogen-bond acceptors (Lipinski definition) is 5. The van der Waals surface area contributed by atoms with E-state index in [1.54, 1.807) is 0 Å². The topological polar surface area (TPSA) is 78.4 Å². The van der Waals surface area contributed by atoms with Gasteiger partial charge in [0.1, 0.15) is 0 Å². The number of nitrogens with two attached hydrogens (primary N) is 1. The predicted octanol–water partition coefficient (Wildman–Crippen LogP) is 3.33. The molecule has 0 aliphatic carbocycles. The van der Waals surface area contributed by atoms with Crippen molar-refractivity contribution in [3.63, 3.8) is 0 Å². The third-order valence-electron chi connectivity index (χ3n) is 4.46. The second-order valence-corrected chi connectivity index (χ2v) is 6.24. The Labute approximate surface area is 139 Å². The molecule has 0 unspecified atom stereocenters. The van der Waals surface area contributed by atoms with E-state index in [1.165, 1.54) is 0 Å². The number of aromatic nitrogens is 1. The molecule has 0 spiro atoms. The van der Waals surface area contributed by atoms with Crippen LogP contribution in [0.15, 0.2) is 28.7 Å². The smallest absolute Gasteiger partial charge is 0.230 e. The van der Waals surface area contributed by atoms with Crippen molar-refractivity contribution in [2.75, 3.05) is 12.3 Å². The fourth-order valence-electron chi connectivity index (χ4n) is 3.17. The van der Waals surface area contributed by atoms with E-state index in [0.29, 0.717) is 35.6 Å². The zero-order valence-electron chi connectivity index (χ0n) is 13.7. The summed E-state index contributed by atoms with van der Waals surface area (Å²) in [5.74, 6) is -0.0510. The predicted molar refractivity (Wildman–Crippen MR) is 91.1 cm³/mol. The average Bonchev–Trinajstić information content (AvgIpc) is 2.88. The molecule has 5 nitrogen and oxygen atoms in total. The Bertz CT molecular complexity index is 972. The minimum atomic E-state index is -0.211. The number of ketones is 1. The lowest BCUT2D eigenvalue weighted by Gasteiger charge is -2.14. The van der Waals surface area contributed by atoms with Gasteiger partial charge in [-0.25, -0.2) is 4.98 Å². The van der Waals surface area contributed by atoms with Gasteiger partial charge < -0.3 is 14.9 Å². The molecule has 0 fully saturated rings. The molecule has 1 aromatic carbocycles. The van der Waals surface area contributed by atoms with Crippen LogP contribution in [0.2, 0.25) is 0 Å². The number of anilines is 1. The Balaban J connectivity index is 1.84.